The van der Waals surface area contributed by atoms with E-state index in [9.17, 15) is 4.79 Å². The summed E-state index contributed by atoms with van der Waals surface area (Å²) in [5.74, 6) is -0.173. The zero-order valence-corrected chi connectivity index (χ0v) is 15.0. The predicted octanol–water partition coefficient (Wildman–Crippen LogP) is 3.79. The van der Waals surface area contributed by atoms with Gasteiger partial charge in [0.1, 0.15) is 0 Å². The molecular formula is C20H25N3O. The zero-order chi connectivity index (χ0) is 17.7. The molecule has 24 heavy (non-hydrogen) atoms. The van der Waals surface area contributed by atoms with Crippen LogP contribution in [0.25, 0.3) is 0 Å². The van der Waals surface area contributed by atoms with E-state index in [-0.39, 0.29) is 12.5 Å². The molecule has 0 saturated heterocycles. The number of hydrazone groups is 1. The molecule has 2 aromatic carbocycles. The fourth-order valence-corrected chi connectivity index (χ4v) is 2.79. The van der Waals surface area contributed by atoms with Crippen LogP contribution in [0.3, 0.4) is 0 Å². The molecule has 126 valence electrons. The molecule has 0 aromatic heterocycles. The fraction of sp³-hybridized carbons (Fsp3) is 0.300. The Labute approximate surface area is 144 Å². The van der Waals surface area contributed by atoms with Crippen LogP contribution in [0, 0.1) is 34.6 Å². The SMILES string of the molecule is Cc1ccc(NCC(=O)NN=Cc2c(C)cc(C)cc2C)c(C)c1. The summed E-state index contributed by atoms with van der Waals surface area (Å²) < 4.78 is 0. The normalized spacial score (nSPS) is 10.9. The first-order valence-corrected chi connectivity index (χ1v) is 8.07. The topological polar surface area (TPSA) is 53.5 Å². The molecule has 0 unspecified atom stereocenters. The monoisotopic (exact) mass is 323 g/mol. The van der Waals surface area contributed by atoms with Gasteiger partial charge in [0.15, 0.2) is 0 Å². The number of aryl methyl sites for hydroxylation is 5. The van der Waals surface area contributed by atoms with Gasteiger partial charge in [-0.2, -0.15) is 5.10 Å². The van der Waals surface area contributed by atoms with Crippen molar-refractivity contribution in [2.24, 2.45) is 5.10 Å². The lowest BCUT2D eigenvalue weighted by Crippen LogP contribution is -2.26. The fourth-order valence-electron chi connectivity index (χ4n) is 2.79. The molecule has 0 atom stereocenters. The van der Waals surface area contributed by atoms with Gasteiger partial charge in [0, 0.05) is 11.3 Å². The van der Waals surface area contributed by atoms with E-state index < -0.39 is 0 Å². The van der Waals surface area contributed by atoms with E-state index in [0.717, 1.165) is 27.9 Å². The summed E-state index contributed by atoms with van der Waals surface area (Å²) in [4.78, 5) is 11.9. The molecule has 0 aliphatic rings. The van der Waals surface area contributed by atoms with Gasteiger partial charge in [-0.05, 0) is 57.4 Å². The second-order valence-electron chi connectivity index (χ2n) is 6.28. The van der Waals surface area contributed by atoms with Crippen LogP contribution in [0.15, 0.2) is 35.4 Å². The Hall–Kier alpha value is -2.62. The van der Waals surface area contributed by atoms with Gasteiger partial charge in [-0.15, -0.1) is 0 Å². The highest BCUT2D eigenvalue weighted by Gasteiger charge is 2.03. The van der Waals surface area contributed by atoms with Crippen molar-refractivity contribution in [1.82, 2.24) is 5.43 Å². The van der Waals surface area contributed by atoms with E-state index >= 15 is 0 Å². The second kappa shape index (κ2) is 7.77. The van der Waals surface area contributed by atoms with Crippen molar-refractivity contribution < 1.29 is 4.79 Å². The van der Waals surface area contributed by atoms with Crippen LogP contribution in [0.5, 0.6) is 0 Å². The first kappa shape index (κ1) is 17.7. The lowest BCUT2D eigenvalue weighted by molar-refractivity contribution is -0.119. The maximum atomic E-state index is 11.9. The third-order valence-corrected chi connectivity index (χ3v) is 3.94. The van der Waals surface area contributed by atoms with Crippen molar-refractivity contribution in [2.45, 2.75) is 34.6 Å². The van der Waals surface area contributed by atoms with Gasteiger partial charge >= 0.3 is 0 Å². The maximum absolute atomic E-state index is 11.9. The molecule has 0 fully saturated rings. The van der Waals surface area contributed by atoms with Crippen molar-refractivity contribution in [3.05, 3.63) is 63.7 Å². The standard InChI is InChI=1S/C20H25N3O/c1-13-6-7-19(17(5)8-13)21-12-20(24)23-22-11-18-15(3)9-14(2)10-16(18)4/h6-11,21H,12H2,1-5H3,(H,23,24). The molecule has 2 N–H and O–H groups in total. The number of amides is 1. The Balaban J connectivity index is 1.91. The number of hydrogen-bond donors (Lipinski definition) is 2. The largest absolute Gasteiger partial charge is 0.376 e. The van der Waals surface area contributed by atoms with Crippen molar-refractivity contribution in [1.29, 1.82) is 0 Å². The van der Waals surface area contributed by atoms with Gasteiger partial charge in [0.05, 0.1) is 12.8 Å². The van der Waals surface area contributed by atoms with Gasteiger partial charge in [0.2, 0.25) is 0 Å². The summed E-state index contributed by atoms with van der Waals surface area (Å²) in [5.41, 5.74) is 10.4. The molecule has 1 amide bonds. The van der Waals surface area contributed by atoms with E-state index in [2.05, 4.69) is 41.0 Å². The van der Waals surface area contributed by atoms with Crippen LogP contribution >= 0.6 is 0 Å². The molecule has 0 aliphatic carbocycles. The van der Waals surface area contributed by atoms with Gasteiger partial charge in [-0.25, -0.2) is 5.43 Å². The third-order valence-electron chi connectivity index (χ3n) is 3.94. The molecular weight excluding hydrogens is 298 g/mol. The van der Waals surface area contributed by atoms with Gasteiger partial charge in [-0.1, -0.05) is 35.4 Å². The molecule has 0 heterocycles. The Kier molecular flexibility index (Phi) is 5.74. The lowest BCUT2D eigenvalue weighted by Gasteiger charge is -2.09. The number of carbonyl (C=O) groups excluding carboxylic acids is 1. The van der Waals surface area contributed by atoms with Crippen molar-refractivity contribution in [3.8, 4) is 0 Å². The van der Waals surface area contributed by atoms with E-state index in [4.69, 9.17) is 0 Å². The number of rotatable bonds is 5. The minimum Gasteiger partial charge on any atom is -0.376 e. The van der Waals surface area contributed by atoms with E-state index in [1.54, 1.807) is 6.21 Å². The van der Waals surface area contributed by atoms with Crippen LogP contribution in [0.2, 0.25) is 0 Å². The number of nitrogens with zero attached hydrogens (tertiary/aromatic N) is 1. The van der Waals surface area contributed by atoms with Crippen molar-refractivity contribution >= 4 is 17.8 Å². The zero-order valence-electron chi connectivity index (χ0n) is 15.0. The average Bonchev–Trinajstić information content (AvgIpc) is 2.49. The second-order valence-corrected chi connectivity index (χ2v) is 6.28. The summed E-state index contributed by atoms with van der Waals surface area (Å²) in [6.07, 6.45) is 1.71. The summed E-state index contributed by atoms with van der Waals surface area (Å²) in [5, 5.41) is 7.21. The first-order valence-electron chi connectivity index (χ1n) is 8.07. The molecule has 0 saturated carbocycles. The van der Waals surface area contributed by atoms with Gasteiger partial charge in [0.25, 0.3) is 5.91 Å². The van der Waals surface area contributed by atoms with Gasteiger partial charge in [-0.3, -0.25) is 4.79 Å². The Morgan fingerprint density at radius 3 is 2.21 bits per heavy atom. The summed E-state index contributed by atoms with van der Waals surface area (Å²) in [6, 6.07) is 10.3. The summed E-state index contributed by atoms with van der Waals surface area (Å²) in [7, 11) is 0. The van der Waals surface area contributed by atoms with Crippen LogP contribution in [-0.2, 0) is 4.79 Å². The van der Waals surface area contributed by atoms with E-state index in [1.165, 1.54) is 11.1 Å². The molecule has 0 bridgehead atoms. The molecule has 0 radical (unpaired) electrons. The smallest absolute Gasteiger partial charge is 0.259 e. The maximum Gasteiger partial charge on any atom is 0.259 e. The highest BCUT2D eigenvalue weighted by atomic mass is 16.2. The van der Waals surface area contributed by atoms with Crippen LogP contribution in [-0.4, -0.2) is 18.7 Å². The highest BCUT2D eigenvalue weighted by molar-refractivity contribution is 5.86. The Morgan fingerprint density at radius 2 is 1.58 bits per heavy atom. The number of benzene rings is 2. The number of nitrogens with one attached hydrogen (secondary N) is 2. The predicted molar refractivity (Wildman–Crippen MR) is 101 cm³/mol. The minimum absolute atomic E-state index is 0.173. The number of carbonyl (C=O) groups is 1. The molecule has 0 aliphatic heterocycles. The first-order chi connectivity index (χ1) is 11.4. The Morgan fingerprint density at radius 1 is 0.958 bits per heavy atom. The molecule has 2 rings (SSSR count). The van der Waals surface area contributed by atoms with E-state index in [1.807, 2.05) is 39.8 Å². The lowest BCUT2D eigenvalue weighted by atomic mass is 10.0. The quantitative estimate of drug-likeness (QED) is 0.650. The van der Waals surface area contributed by atoms with Crippen LogP contribution in [0.4, 0.5) is 5.69 Å². The van der Waals surface area contributed by atoms with Crippen molar-refractivity contribution in [2.75, 3.05) is 11.9 Å². The minimum atomic E-state index is -0.173. The third kappa shape index (κ3) is 4.69. The Bertz CT molecular complexity index is 755. The molecule has 4 heteroatoms. The van der Waals surface area contributed by atoms with Gasteiger partial charge < -0.3 is 5.32 Å². The summed E-state index contributed by atoms with van der Waals surface area (Å²) in [6.45, 7) is 10.4. The summed E-state index contributed by atoms with van der Waals surface area (Å²) >= 11 is 0. The molecule has 0 spiro atoms. The number of anilines is 1. The average molecular weight is 323 g/mol. The van der Waals surface area contributed by atoms with Crippen LogP contribution in [0.1, 0.15) is 33.4 Å². The van der Waals surface area contributed by atoms with Crippen molar-refractivity contribution in [3.63, 3.8) is 0 Å². The highest BCUT2D eigenvalue weighted by Crippen LogP contribution is 2.15. The van der Waals surface area contributed by atoms with Crippen LogP contribution < -0.4 is 10.7 Å². The number of hydrogen-bond acceptors (Lipinski definition) is 3. The van der Waals surface area contributed by atoms with E-state index in [0.29, 0.717) is 0 Å². The molecule has 4 nitrogen and oxygen atoms in total. The molecule has 2 aromatic rings.